The van der Waals surface area contributed by atoms with Crippen molar-refractivity contribution in [2.45, 2.75) is 86.4 Å². The van der Waals surface area contributed by atoms with Crippen molar-refractivity contribution in [1.29, 1.82) is 0 Å². The second kappa shape index (κ2) is 13.0. The van der Waals surface area contributed by atoms with E-state index in [0.29, 0.717) is 18.8 Å². The summed E-state index contributed by atoms with van der Waals surface area (Å²) in [7, 11) is 0. The summed E-state index contributed by atoms with van der Waals surface area (Å²) in [5.41, 5.74) is -0.837. The van der Waals surface area contributed by atoms with Crippen LogP contribution in [0.25, 0.3) is 5.70 Å². The van der Waals surface area contributed by atoms with Gasteiger partial charge in [0.25, 0.3) is 0 Å². The molecule has 1 unspecified atom stereocenters. The molecule has 2 saturated carbocycles. The number of aliphatic hydroxyl groups is 1. The van der Waals surface area contributed by atoms with E-state index in [0.717, 1.165) is 17.5 Å². The first kappa shape index (κ1) is 34.8. The lowest BCUT2D eigenvalue weighted by Crippen LogP contribution is -2.37. The fourth-order valence-corrected chi connectivity index (χ4v) is 8.12. The van der Waals surface area contributed by atoms with E-state index in [1.807, 2.05) is 0 Å². The molecule has 44 heavy (non-hydrogen) atoms. The van der Waals surface area contributed by atoms with Crippen LogP contribution >= 0.6 is 23.2 Å². The molecular weight excluding hydrogens is 612 g/mol. The zero-order chi connectivity index (χ0) is 32.8. The van der Waals surface area contributed by atoms with Gasteiger partial charge in [-0.1, -0.05) is 71.7 Å². The fourth-order valence-electron chi connectivity index (χ4n) is 7.54. The number of pyridine rings is 1. The lowest BCUT2D eigenvalue weighted by molar-refractivity contribution is -0.145. The minimum absolute atomic E-state index is 0.00365. The zero-order valence-corrected chi connectivity index (χ0v) is 28.2. The van der Waals surface area contributed by atoms with Gasteiger partial charge in [-0.3, -0.25) is 14.5 Å². The van der Waals surface area contributed by atoms with E-state index >= 15 is 0 Å². The molecule has 2 aromatic rings. The van der Waals surface area contributed by atoms with Gasteiger partial charge >= 0.3 is 6.18 Å². The number of carbonyl (C=O) groups is 1. The second-order valence-electron chi connectivity index (χ2n) is 14.1. The van der Waals surface area contributed by atoms with E-state index in [1.54, 1.807) is 4.90 Å². The molecule has 2 aromatic heterocycles. The number of hydrogen-bond donors (Lipinski definition) is 1. The highest BCUT2D eigenvalue weighted by atomic mass is 35.5. The van der Waals surface area contributed by atoms with Crippen LogP contribution in [0.4, 0.5) is 13.2 Å². The molecular formula is C33H45Cl2F3N4O2. The Labute approximate surface area is 269 Å². The molecule has 4 rings (SSSR count). The Morgan fingerprint density at radius 3 is 2.14 bits per heavy atom. The fraction of sp³-hybridized carbons (Fsp3) is 0.667. The van der Waals surface area contributed by atoms with E-state index in [2.05, 4.69) is 58.5 Å². The number of rotatable bonds is 11. The Kier molecular flexibility index (Phi) is 10.2. The van der Waals surface area contributed by atoms with Crippen LogP contribution in [0.3, 0.4) is 0 Å². The first-order valence-electron chi connectivity index (χ1n) is 15.5. The summed E-state index contributed by atoms with van der Waals surface area (Å²) in [6, 6.07) is -0.382. The number of hydrogen-bond acceptors (Lipinski definition) is 5. The Hall–Kier alpha value is -2.10. The zero-order valence-electron chi connectivity index (χ0n) is 26.7. The van der Waals surface area contributed by atoms with Crippen LogP contribution < -0.4 is 0 Å². The van der Waals surface area contributed by atoms with Crippen LogP contribution in [0.2, 0.25) is 10.0 Å². The Morgan fingerprint density at radius 2 is 1.66 bits per heavy atom. The largest absolute Gasteiger partial charge is 0.433 e. The average molecular weight is 658 g/mol. The topological polar surface area (TPSA) is 71.2 Å². The molecule has 0 aromatic carbocycles. The summed E-state index contributed by atoms with van der Waals surface area (Å²) in [6.45, 7) is 14.6. The summed E-state index contributed by atoms with van der Waals surface area (Å²) in [4.78, 5) is 19.4. The van der Waals surface area contributed by atoms with Gasteiger partial charge in [0, 0.05) is 30.2 Å². The monoisotopic (exact) mass is 656 g/mol. The van der Waals surface area contributed by atoms with Gasteiger partial charge in [0.15, 0.2) is 11.5 Å². The third kappa shape index (κ3) is 6.70. The van der Waals surface area contributed by atoms with Gasteiger partial charge in [0.2, 0.25) is 0 Å². The molecule has 0 bridgehead atoms. The maximum absolute atomic E-state index is 14.9. The Balaban J connectivity index is 1.84. The number of alkyl halides is 3. The van der Waals surface area contributed by atoms with Crippen LogP contribution in [0.5, 0.6) is 0 Å². The smallest absolute Gasteiger partial charge is 0.392 e. The van der Waals surface area contributed by atoms with Crippen molar-refractivity contribution in [1.82, 2.24) is 19.7 Å². The van der Waals surface area contributed by atoms with Crippen LogP contribution in [-0.4, -0.2) is 50.3 Å². The summed E-state index contributed by atoms with van der Waals surface area (Å²) in [5, 5.41) is 14.6. The van der Waals surface area contributed by atoms with Gasteiger partial charge < -0.3 is 10.0 Å². The third-order valence-corrected chi connectivity index (χ3v) is 11.2. The van der Waals surface area contributed by atoms with E-state index in [1.165, 1.54) is 24.7 Å². The average Bonchev–Trinajstić information content (AvgIpc) is 3.20. The summed E-state index contributed by atoms with van der Waals surface area (Å²) in [6.07, 6.45) is 3.37. The number of aliphatic hydroxyl groups excluding tert-OH is 1. The molecule has 244 valence electrons. The number of halogens is 5. The molecule has 0 spiro atoms. The first-order chi connectivity index (χ1) is 20.4. The van der Waals surface area contributed by atoms with Gasteiger partial charge in [0.05, 0.1) is 41.0 Å². The molecule has 0 saturated heterocycles. The number of Topliss-reactive ketones (excluding diaryl/α,β-unsaturated/α-hetero) is 1. The van der Waals surface area contributed by atoms with E-state index < -0.39 is 24.3 Å². The lowest BCUT2D eigenvalue weighted by Gasteiger charge is -2.34. The number of aromatic nitrogens is 3. The molecule has 2 fully saturated rings. The van der Waals surface area contributed by atoms with Crippen molar-refractivity contribution in [3.63, 3.8) is 0 Å². The Morgan fingerprint density at radius 1 is 1.09 bits per heavy atom. The molecule has 2 heterocycles. The van der Waals surface area contributed by atoms with Crippen molar-refractivity contribution in [3.8, 4) is 0 Å². The van der Waals surface area contributed by atoms with Crippen LogP contribution in [0.1, 0.15) is 102 Å². The quantitative estimate of drug-likeness (QED) is 0.245. The summed E-state index contributed by atoms with van der Waals surface area (Å²) < 4.78 is 45.9. The van der Waals surface area contributed by atoms with Crippen molar-refractivity contribution in [2.75, 3.05) is 19.7 Å². The molecule has 1 N–H and O–H groups in total. The molecule has 11 heteroatoms. The molecule has 6 nitrogen and oxygen atoms in total. The van der Waals surface area contributed by atoms with Gasteiger partial charge in [-0.05, 0) is 66.3 Å². The SMILES string of the molecule is CC(C)C(CN(CC(=O)c1c(Cl)cncc1Cl)/C(=C\CO)c1cnn([C@H]2CC[C@@H](C)CC2)c1C(F)(F)F)C1C(C)(C)C1(C)C. The standard InChI is InChI=1S/C33H45Cl2F3N4O2/c1-19(2)23(29-31(4,5)32(29,6)7)17-41(18-27(44)28-24(34)15-39-16-25(28)35)26(12-13-43)22-14-40-42(30(22)33(36,37)38)21-10-8-20(3)9-11-21/h12,14-16,19-21,23,29,43H,8-11,13,17-18H2,1-7H3/b26-12-/t20-,21+,23?. The van der Waals surface area contributed by atoms with Crippen LogP contribution in [-0.2, 0) is 6.18 Å². The number of ketones is 1. The van der Waals surface area contributed by atoms with Gasteiger partial charge in [-0.25, -0.2) is 0 Å². The van der Waals surface area contributed by atoms with E-state index in [9.17, 15) is 23.1 Å². The molecule has 0 aliphatic heterocycles. The molecule has 1 atom stereocenters. The highest BCUT2D eigenvalue weighted by molar-refractivity contribution is 6.39. The van der Waals surface area contributed by atoms with E-state index in [-0.39, 0.29) is 74.6 Å². The maximum atomic E-state index is 14.9. The lowest BCUT2D eigenvalue weighted by atomic mass is 9.85. The minimum atomic E-state index is -4.71. The van der Waals surface area contributed by atoms with Gasteiger partial charge in [-0.15, -0.1) is 0 Å². The second-order valence-corrected chi connectivity index (χ2v) is 15.0. The summed E-state index contributed by atoms with van der Waals surface area (Å²) >= 11 is 12.7. The van der Waals surface area contributed by atoms with Crippen molar-refractivity contribution >= 4 is 34.7 Å². The molecule has 2 aliphatic rings. The van der Waals surface area contributed by atoms with Gasteiger partial charge in [-0.2, -0.15) is 18.3 Å². The predicted molar refractivity (Wildman–Crippen MR) is 169 cm³/mol. The molecule has 0 radical (unpaired) electrons. The molecule has 2 aliphatic carbocycles. The van der Waals surface area contributed by atoms with Crippen molar-refractivity contribution in [3.05, 3.63) is 51.5 Å². The van der Waals surface area contributed by atoms with Crippen molar-refractivity contribution in [2.24, 2.45) is 34.5 Å². The van der Waals surface area contributed by atoms with Crippen LogP contribution in [0.15, 0.2) is 24.7 Å². The Bertz CT molecular complexity index is 1340. The number of nitrogens with zero attached hydrogens (tertiary/aromatic N) is 4. The normalized spacial score (nSPS) is 22.7. The summed E-state index contributed by atoms with van der Waals surface area (Å²) in [5.74, 6) is 0.451. The maximum Gasteiger partial charge on any atom is 0.433 e. The van der Waals surface area contributed by atoms with Crippen LogP contribution in [0, 0.1) is 34.5 Å². The first-order valence-corrected chi connectivity index (χ1v) is 16.2. The highest BCUT2D eigenvalue weighted by Gasteiger charge is 2.67. The van der Waals surface area contributed by atoms with E-state index in [4.69, 9.17) is 23.2 Å². The number of carbonyl (C=O) groups excluding carboxylic acids is 1. The van der Waals surface area contributed by atoms with Crippen molar-refractivity contribution < 1.29 is 23.1 Å². The minimum Gasteiger partial charge on any atom is -0.392 e. The van der Waals surface area contributed by atoms with Gasteiger partial charge in [0.1, 0.15) is 0 Å². The third-order valence-electron chi connectivity index (χ3n) is 10.6. The highest BCUT2D eigenvalue weighted by Crippen LogP contribution is 2.72. The predicted octanol–water partition coefficient (Wildman–Crippen LogP) is 8.83. The molecule has 0 amide bonds.